The van der Waals surface area contributed by atoms with E-state index in [0.717, 1.165) is 37.8 Å². The number of carbonyl (C=O) groups is 1. The van der Waals surface area contributed by atoms with E-state index >= 15 is 0 Å². The molecule has 0 saturated heterocycles. The topological polar surface area (TPSA) is 50.1 Å². The zero-order valence-corrected chi connectivity index (χ0v) is 15.3. The molecule has 0 aliphatic heterocycles. The van der Waals surface area contributed by atoms with E-state index in [1.54, 1.807) is 6.92 Å². The zero-order chi connectivity index (χ0) is 18.8. The Balaban J connectivity index is 2.85. The predicted molar refractivity (Wildman–Crippen MR) is 93.3 cm³/mol. The highest BCUT2D eigenvalue weighted by atomic mass is 19.2. The van der Waals surface area contributed by atoms with Gasteiger partial charge < -0.3 is 4.74 Å². The summed E-state index contributed by atoms with van der Waals surface area (Å²) in [5.74, 6) is -1.98. The van der Waals surface area contributed by atoms with Crippen LogP contribution in [0.25, 0.3) is 0 Å². The van der Waals surface area contributed by atoms with Crippen molar-refractivity contribution in [3.8, 4) is 6.07 Å². The molecule has 0 aromatic heterocycles. The van der Waals surface area contributed by atoms with E-state index in [-0.39, 0.29) is 24.2 Å². The fraction of sp³-hybridized carbons (Fsp3) is 0.600. The van der Waals surface area contributed by atoms with Crippen LogP contribution in [0.4, 0.5) is 8.78 Å². The lowest BCUT2D eigenvalue weighted by Crippen LogP contribution is -2.20. The number of nitriles is 1. The molecule has 0 fully saturated rings. The number of unbranched alkanes of at least 4 members (excludes halogenated alkanes) is 1. The minimum Gasteiger partial charge on any atom is -0.363 e. The van der Waals surface area contributed by atoms with E-state index in [1.807, 2.05) is 0 Å². The lowest BCUT2D eigenvalue weighted by atomic mass is 9.97. The number of halogens is 2. The summed E-state index contributed by atoms with van der Waals surface area (Å²) in [6, 6.07) is 3.97. The van der Waals surface area contributed by atoms with Crippen LogP contribution in [0.1, 0.15) is 68.8 Å². The van der Waals surface area contributed by atoms with Crippen LogP contribution in [-0.4, -0.2) is 18.5 Å². The van der Waals surface area contributed by atoms with Gasteiger partial charge in [0.2, 0.25) is 0 Å². The van der Waals surface area contributed by atoms with Crippen LogP contribution in [-0.2, 0) is 11.2 Å². The van der Waals surface area contributed by atoms with Crippen molar-refractivity contribution in [1.82, 2.24) is 0 Å². The van der Waals surface area contributed by atoms with Crippen molar-refractivity contribution in [1.29, 1.82) is 5.26 Å². The first kappa shape index (κ1) is 21.2. The average Bonchev–Trinajstić information content (AvgIpc) is 2.62. The van der Waals surface area contributed by atoms with Crippen molar-refractivity contribution >= 4 is 5.78 Å². The molecule has 1 aromatic rings. The van der Waals surface area contributed by atoms with Gasteiger partial charge in [0.25, 0.3) is 0 Å². The summed E-state index contributed by atoms with van der Waals surface area (Å²) >= 11 is 0. The lowest BCUT2D eigenvalue weighted by molar-refractivity contribution is 0.0571. The van der Waals surface area contributed by atoms with Crippen LogP contribution < -0.4 is 0 Å². The SMILES string of the molecule is CCCCC(CC)COC(C#N)Cc1cc(F)c(F)cc1C(=O)CC. The van der Waals surface area contributed by atoms with Crippen molar-refractivity contribution in [3.05, 3.63) is 34.9 Å². The molecular formula is C20H27F2NO2. The van der Waals surface area contributed by atoms with Gasteiger partial charge in [0.1, 0.15) is 6.10 Å². The second kappa shape index (κ2) is 10.9. The molecule has 2 unspecified atom stereocenters. The largest absolute Gasteiger partial charge is 0.363 e. The van der Waals surface area contributed by atoms with Gasteiger partial charge in [0.15, 0.2) is 17.4 Å². The number of Topliss-reactive ketones (excluding diaryl/α,β-unsaturated/α-hetero) is 1. The van der Waals surface area contributed by atoms with E-state index in [4.69, 9.17) is 4.74 Å². The van der Waals surface area contributed by atoms with Crippen LogP contribution in [0.3, 0.4) is 0 Å². The molecule has 0 bridgehead atoms. The number of hydrogen-bond donors (Lipinski definition) is 0. The van der Waals surface area contributed by atoms with Gasteiger partial charge in [-0.15, -0.1) is 0 Å². The maximum absolute atomic E-state index is 13.6. The Morgan fingerprint density at radius 3 is 2.48 bits per heavy atom. The standard InChI is InChI=1S/C20H27F2NO2/c1-4-7-8-14(5-2)13-25-16(12-23)9-15-10-18(21)19(22)11-17(15)20(24)6-3/h10-11,14,16H,4-9,13H2,1-3H3. The maximum Gasteiger partial charge on any atom is 0.162 e. The fourth-order valence-electron chi connectivity index (χ4n) is 2.70. The number of ketones is 1. The van der Waals surface area contributed by atoms with E-state index < -0.39 is 17.7 Å². The third-order valence-corrected chi connectivity index (χ3v) is 4.39. The first-order valence-electron chi connectivity index (χ1n) is 8.98. The van der Waals surface area contributed by atoms with Gasteiger partial charge in [-0.2, -0.15) is 5.26 Å². The molecule has 1 rings (SSSR count). The summed E-state index contributed by atoms with van der Waals surface area (Å²) in [6.45, 7) is 6.32. The van der Waals surface area contributed by atoms with Crippen LogP contribution in [0.15, 0.2) is 12.1 Å². The van der Waals surface area contributed by atoms with Crippen molar-refractivity contribution in [2.45, 2.75) is 65.4 Å². The number of nitrogens with zero attached hydrogens (tertiary/aromatic N) is 1. The number of benzene rings is 1. The highest BCUT2D eigenvalue weighted by Crippen LogP contribution is 2.20. The van der Waals surface area contributed by atoms with Crippen molar-refractivity contribution < 1.29 is 18.3 Å². The van der Waals surface area contributed by atoms with Crippen molar-refractivity contribution in [3.63, 3.8) is 0 Å². The Bertz CT molecular complexity index is 610. The minimum absolute atomic E-state index is 0.0684. The van der Waals surface area contributed by atoms with Gasteiger partial charge in [-0.3, -0.25) is 4.79 Å². The third kappa shape index (κ3) is 6.55. The molecular weight excluding hydrogens is 324 g/mol. The van der Waals surface area contributed by atoms with Gasteiger partial charge in [0.05, 0.1) is 12.7 Å². The van der Waals surface area contributed by atoms with Gasteiger partial charge >= 0.3 is 0 Å². The molecule has 0 aliphatic rings. The minimum atomic E-state index is -1.06. The second-order valence-electron chi connectivity index (χ2n) is 6.27. The molecule has 1 aromatic carbocycles. The molecule has 2 atom stereocenters. The van der Waals surface area contributed by atoms with Gasteiger partial charge in [-0.25, -0.2) is 8.78 Å². The quantitative estimate of drug-likeness (QED) is 0.513. The first-order chi connectivity index (χ1) is 12.0. The summed E-state index contributed by atoms with van der Waals surface area (Å²) in [5.41, 5.74) is 0.446. The molecule has 25 heavy (non-hydrogen) atoms. The zero-order valence-electron chi connectivity index (χ0n) is 15.3. The Morgan fingerprint density at radius 2 is 1.92 bits per heavy atom. The molecule has 0 amide bonds. The highest BCUT2D eigenvalue weighted by Gasteiger charge is 2.19. The fourth-order valence-corrected chi connectivity index (χ4v) is 2.70. The molecule has 0 heterocycles. The number of ether oxygens (including phenoxy) is 1. The molecule has 0 aliphatic carbocycles. The van der Waals surface area contributed by atoms with E-state index in [9.17, 15) is 18.8 Å². The van der Waals surface area contributed by atoms with Gasteiger partial charge in [0, 0.05) is 18.4 Å². The van der Waals surface area contributed by atoms with Crippen molar-refractivity contribution in [2.75, 3.05) is 6.61 Å². The Hall–Kier alpha value is -1.80. The van der Waals surface area contributed by atoms with Crippen LogP contribution in [0, 0.1) is 28.9 Å². The number of hydrogen-bond acceptors (Lipinski definition) is 3. The Morgan fingerprint density at radius 1 is 1.24 bits per heavy atom. The average molecular weight is 351 g/mol. The normalized spacial score (nSPS) is 13.3. The lowest BCUT2D eigenvalue weighted by Gasteiger charge is -2.18. The summed E-state index contributed by atoms with van der Waals surface area (Å²) in [5, 5.41) is 9.33. The van der Waals surface area contributed by atoms with Crippen LogP contribution in [0.2, 0.25) is 0 Å². The molecule has 5 heteroatoms. The molecule has 138 valence electrons. The number of carbonyl (C=O) groups excluding carboxylic acids is 1. The maximum atomic E-state index is 13.6. The van der Waals surface area contributed by atoms with E-state index in [1.165, 1.54) is 0 Å². The van der Waals surface area contributed by atoms with Gasteiger partial charge in [-0.1, -0.05) is 40.0 Å². The summed E-state index contributed by atoms with van der Waals surface area (Å²) in [7, 11) is 0. The molecule has 0 spiro atoms. The van der Waals surface area contributed by atoms with Crippen molar-refractivity contribution in [2.24, 2.45) is 5.92 Å². The molecule has 0 N–H and O–H groups in total. The number of rotatable bonds is 11. The first-order valence-corrected chi connectivity index (χ1v) is 8.98. The monoisotopic (exact) mass is 351 g/mol. The molecule has 0 radical (unpaired) electrons. The molecule has 3 nitrogen and oxygen atoms in total. The van der Waals surface area contributed by atoms with E-state index in [0.29, 0.717) is 18.1 Å². The Labute approximate surface area is 149 Å². The smallest absolute Gasteiger partial charge is 0.162 e. The van der Waals surface area contributed by atoms with Gasteiger partial charge in [-0.05, 0) is 30.0 Å². The predicted octanol–water partition coefficient (Wildman–Crippen LogP) is 5.23. The summed E-state index contributed by atoms with van der Waals surface area (Å²) < 4.78 is 32.7. The van der Waals surface area contributed by atoms with Crippen LogP contribution >= 0.6 is 0 Å². The van der Waals surface area contributed by atoms with Crippen LogP contribution in [0.5, 0.6) is 0 Å². The summed E-state index contributed by atoms with van der Waals surface area (Å²) in [6.07, 6.45) is 3.68. The molecule has 0 saturated carbocycles. The second-order valence-corrected chi connectivity index (χ2v) is 6.27. The third-order valence-electron chi connectivity index (χ3n) is 4.39. The Kier molecular flexibility index (Phi) is 9.30. The summed E-state index contributed by atoms with van der Waals surface area (Å²) in [4.78, 5) is 12.0. The highest BCUT2D eigenvalue weighted by molar-refractivity contribution is 5.97. The van der Waals surface area contributed by atoms with E-state index in [2.05, 4.69) is 19.9 Å².